The first kappa shape index (κ1) is 19.3. The van der Waals surface area contributed by atoms with Gasteiger partial charge in [-0.1, -0.05) is 19.1 Å². The summed E-state index contributed by atoms with van der Waals surface area (Å²) in [5.74, 6) is 0.533. The van der Waals surface area contributed by atoms with Gasteiger partial charge in [-0.2, -0.15) is 0 Å². The molecule has 0 bridgehead atoms. The zero-order chi connectivity index (χ0) is 19.8. The van der Waals surface area contributed by atoms with Crippen molar-refractivity contribution in [3.8, 4) is 0 Å². The predicted octanol–water partition coefficient (Wildman–Crippen LogP) is 3.26. The van der Waals surface area contributed by atoms with Crippen molar-refractivity contribution in [2.45, 2.75) is 58.6 Å². The van der Waals surface area contributed by atoms with Crippen molar-refractivity contribution >= 4 is 16.9 Å². The number of urea groups is 1. The molecule has 6 nitrogen and oxygen atoms in total. The lowest BCUT2D eigenvalue weighted by Gasteiger charge is -2.43. The zero-order valence-corrected chi connectivity index (χ0v) is 17.2. The zero-order valence-electron chi connectivity index (χ0n) is 17.2. The van der Waals surface area contributed by atoms with Crippen molar-refractivity contribution in [2.75, 3.05) is 31.6 Å². The molecule has 4 rings (SSSR count). The highest BCUT2D eigenvalue weighted by atomic mass is 16.3. The van der Waals surface area contributed by atoms with Crippen molar-refractivity contribution in [1.29, 1.82) is 0 Å². The molecule has 2 aromatic rings. The molecular weight excluding hydrogens is 352 g/mol. The fourth-order valence-electron chi connectivity index (χ4n) is 5.36. The van der Waals surface area contributed by atoms with Gasteiger partial charge in [-0.15, -0.1) is 0 Å². The molecule has 1 saturated heterocycles. The Labute approximate surface area is 167 Å². The summed E-state index contributed by atoms with van der Waals surface area (Å²) in [4.78, 5) is 17.1. The second-order valence-electron chi connectivity index (χ2n) is 7.90. The minimum absolute atomic E-state index is 0.0779. The summed E-state index contributed by atoms with van der Waals surface area (Å²) in [6, 6.07) is 6.76. The number of hydrogen-bond acceptors (Lipinski definition) is 3. The molecule has 28 heavy (non-hydrogen) atoms. The second-order valence-corrected chi connectivity index (χ2v) is 7.90. The van der Waals surface area contributed by atoms with Crippen LogP contribution in [0.4, 0.5) is 4.79 Å². The first-order valence-corrected chi connectivity index (χ1v) is 10.7. The van der Waals surface area contributed by atoms with Crippen LogP contribution in [0.5, 0.6) is 0 Å². The van der Waals surface area contributed by atoms with Gasteiger partial charge in [0.15, 0.2) is 0 Å². The molecule has 6 heteroatoms. The molecule has 2 amide bonds. The number of fused-ring (bicyclic) bond motifs is 2. The molecule has 1 aliphatic carbocycles. The van der Waals surface area contributed by atoms with Gasteiger partial charge in [0.25, 0.3) is 0 Å². The topological polar surface area (TPSA) is 60.7 Å². The van der Waals surface area contributed by atoms with Crippen LogP contribution in [-0.2, 0) is 13.0 Å². The summed E-state index contributed by atoms with van der Waals surface area (Å²) in [6.45, 7) is 9.63. The number of aromatic nitrogens is 1. The van der Waals surface area contributed by atoms with E-state index in [1.807, 2.05) is 18.5 Å². The molecule has 0 spiro atoms. The smallest absolute Gasteiger partial charge is 0.336 e. The number of rotatable bonds is 5. The number of likely N-dealkylation sites (tertiary alicyclic amines) is 1. The fourth-order valence-corrected chi connectivity index (χ4v) is 5.36. The van der Waals surface area contributed by atoms with Gasteiger partial charge in [-0.3, -0.25) is 9.58 Å². The SMILES string of the molecule is CCN(CC)C(=O)Nn1c(CO)c2c3c(cccc31)[C@H]1CCCN(CC)[C@@H]1C2. The highest BCUT2D eigenvalue weighted by Crippen LogP contribution is 2.45. The largest absolute Gasteiger partial charge is 0.390 e. The normalized spacial score (nSPS) is 21.6. The molecule has 0 unspecified atom stereocenters. The number of carbonyl (C=O) groups is 1. The summed E-state index contributed by atoms with van der Waals surface area (Å²) < 4.78 is 1.84. The molecular formula is C22H32N4O2. The molecule has 1 aromatic heterocycles. The average molecular weight is 385 g/mol. The molecule has 1 aromatic carbocycles. The summed E-state index contributed by atoms with van der Waals surface area (Å²) in [5, 5.41) is 11.5. The standard InChI is InChI=1S/C22H32N4O2/c1-4-24(5-2)22(28)23-26-18-11-7-9-16-15-10-8-12-25(6-3)19(15)13-17(21(16)18)20(26)14-27/h7,9,11,15,19,27H,4-6,8,10,12-14H2,1-3H3,(H,23,28)/t15-,19-/m1/s1. The maximum absolute atomic E-state index is 12.7. The quantitative estimate of drug-likeness (QED) is 0.832. The summed E-state index contributed by atoms with van der Waals surface area (Å²) in [6.07, 6.45) is 3.38. The molecule has 0 saturated carbocycles. The highest BCUT2D eigenvalue weighted by molar-refractivity contribution is 5.93. The lowest BCUT2D eigenvalue weighted by molar-refractivity contribution is 0.130. The molecule has 2 atom stereocenters. The van der Waals surface area contributed by atoms with E-state index in [2.05, 4.69) is 35.4 Å². The van der Waals surface area contributed by atoms with Crippen LogP contribution in [0.3, 0.4) is 0 Å². The highest BCUT2D eigenvalue weighted by Gasteiger charge is 2.38. The van der Waals surface area contributed by atoms with Crippen LogP contribution in [0.15, 0.2) is 18.2 Å². The molecule has 152 valence electrons. The van der Waals surface area contributed by atoms with E-state index in [-0.39, 0.29) is 12.6 Å². The number of carbonyl (C=O) groups excluding carboxylic acids is 1. The Kier molecular flexibility index (Phi) is 5.34. The van der Waals surface area contributed by atoms with E-state index in [0.717, 1.165) is 30.7 Å². The number of aliphatic hydroxyl groups is 1. The minimum atomic E-state index is -0.125. The van der Waals surface area contributed by atoms with Crippen molar-refractivity contribution in [3.63, 3.8) is 0 Å². The predicted molar refractivity (Wildman–Crippen MR) is 112 cm³/mol. The number of hydrogen-bond donors (Lipinski definition) is 2. The summed E-state index contributed by atoms with van der Waals surface area (Å²) in [5.41, 5.74) is 7.46. The maximum Gasteiger partial charge on any atom is 0.336 e. The number of nitrogens with one attached hydrogen (secondary N) is 1. The Morgan fingerprint density at radius 3 is 2.75 bits per heavy atom. The molecule has 2 aliphatic rings. The third-order valence-electron chi connectivity index (χ3n) is 6.76. The molecule has 1 aliphatic heterocycles. The van der Waals surface area contributed by atoms with Crippen LogP contribution in [0, 0.1) is 0 Å². The van der Waals surface area contributed by atoms with E-state index in [9.17, 15) is 9.90 Å². The third-order valence-corrected chi connectivity index (χ3v) is 6.76. The first-order valence-electron chi connectivity index (χ1n) is 10.7. The molecule has 2 heterocycles. The van der Waals surface area contributed by atoms with Gasteiger partial charge in [0.1, 0.15) is 0 Å². The van der Waals surface area contributed by atoms with Crippen LogP contribution in [0.1, 0.15) is 56.4 Å². The Morgan fingerprint density at radius 2 is 2.07 bits per heavy atom. The van der Waals surface area contributed by atoms with Crippen LogP contribution < -0.4 is 5.43 Å². The number of aliphatic hydroxyl groups excluding tert-OH is 1. The fraction of sp³-hybridized carbons (Fsp3) is 0.591. The van der Waals surface area contributed by atoms with Gasteiger partial charge in [0, 0.05) is 30.4 Å². The number of amides is 2. The lowest BCUT2D eigenvalue weighted by atomic mass is 9.74. The second kappa shape index (κ2) is 7.76. The van der Waals surface area contributed by atoms with Crippen LogP contribution in [-0.4, -0.2) is 57.8 Å². The Morgan fingerprint density at radius 1 is 1.29 bits per heavy atom. The Bertz CT molecular complexity index is 871. The third kappa shape index (κ3) is 2.90. The molecule has 2 N–H and O–H groups in total. The van der Waals surface area contributed by atoms with Gasteiger partial charge in [-0.05, 0) is 63.4 Å². The summed E-state index contributed by atoms with van der Waals surface area (Å²) >= 11 is 0. The number of benzene rings is 1. The van der Waals surface area contributed by atoms with Gasteiger partial charge in [0.2, 0.25) is 0 Å². The van der Waals surface area contributed by atoms with Gasteiger partial charge in [0.05, 0.1) is 17.8 Å². The van der Waals surface area contributed by atoms with Crippen molar-refractivity contribution in [1.82, 2.24) is 14.5 Å². The minimum Gasteiger partial charge on any atom is -0.390 e. The van der Waals surface area contributed by atoms with E-state index in [1.54, 1.807) is 4.90 Å². The van der Waals surface area contributed by atoms with Crippen LogP contribution in [0.2, 0.25) is 0 Å². The van der Waals surface area contributed by atoms with Crippen molar-refractivity contribution in [2.24, 2.45) is 0 Å². The van der Waals surface area contributed by atoms with Crippen molar-refractivity contribution in [3.05, 3.63) is 35.0 Å². The molecule has 0 radical (unpaired) electrons. The maximum atomic E-state index is 12.7. The van der Waals surface area contributed by atoms with Crippen molar-refractivity contribution < 1.29 is 9.90 Å². The Balaban J connectivity index is 1.83. The van der Waals surface area contributed by atoms with E-state index >= 15 is 0 Å². The van der Waals surface area contributed by atoms with Gasteiger partial charge >= 0.3 is 6.03 Å². The van der Waals surface area contributed by atoms with Crippen LogP contribution in [0.25, 0.3) is 10.9 Å². The first-order chi connectivity index (χ1) is 13.6. The van der Waals surface area contributed by atoms with E-state index in [0.29, 0.717) is 25.0 Å². The van der Waals surface area contributed by atoms with E-state index < -0.39 is 0 Å². The van der Waals surface area contributed by atoms with Gasteiger partial charge in [-0.25, -0.2) is 10.2 Å². The number of likely N-dealkylation sites (N-methyl/N-ethyl adjacent to an activating group) is 1. The molecule has 1 fully saturated rings. The monoisotopic (exact) mass is 384 g/mol. The average Bonchev–Trinajstić information content (AvgIpc) is 3.02. The summed E-state index contributed by atoms with van der Waals surface area (Å²) in [7, 11) is 0. The van der Waals surface area contributed by atoms with E-state index in [4.69, 9.17) is 0 Å². The Hall–Kier alpha value is -2.05. The van der Waals surface area contributed by atoms with Gasteiger partial charge < -0.3 is 10.0 Å². The number of nitrogens with zero attached hydrogens (tertiary/aromatic N) is 3. The number of piperidine rings is 1. The van der Waals surface area contributed by atoms with Crippen LogP contribution >= 0.6 is 0 Å². The van der Waals surface area contributed by atoms with E-state index in [1.165, 1.54) is 29.4 Å². The lowest BCUT2D eigenvalue weighted by Crippen LogP contribution is -2.46.